The molecule has 0 bridgehead atoms. The van der Waals surface area contributed by atoms with Crippen molar-refractivity contribution in [1.29, 1.82) is 0 Å². The van der Waals surface area contributed by atoms with Crippen molar-refractivity contribution >= 4 is 11.7 Å². The Bertz CT molecular complexity index is 642. The van der Waals surface area contributed by atoms with Crippen molar-refractivity contribution < 1.29 is 18.4 Å². The van der Waals surface area contributed by atoms with E-state index in [4.69, 9.17) is 0 Å². The molecule has 0 radical (unpaired) electrons. The molecule has 114 valence electrons. The number of carbonyl (C=O) groups excluding carboxylic acids is 2. The first-order valence-electron chi connectivity index (χ1n) is 6.77. The highest BCUT2D eigenvalue weighted by atomic mass is 19.3. The Morgan fingerprint density at radius 2 is 1.45 bits per heavy atom. The second kappa shape index (κ2) is 6.93. The minimum absolute atomic E-state index is 0.00517. The van der Waals surface area contributed by atoms with Crippen LogP contribution in [0.2, 0.25) is 0 Å². The first kappa shape index (κ1) is 15.8. The highest BCUT2D eigenvalue weighted by molar-refractivity contribution is 6.00. The molecule has 0 aromatic heterocycles. The summed E-state index contributed by atoms with van der Waals surface area (Å²) in [6, 6.07) is 16.5. The topological polar surface area (TPSA) is 46.2 Å². The zero-order valence-electron chi connectivity index (χ0n) is 11.8. The van der Waals surface area contributed by atoms with Crippen molar-refractivity contribution in [2.75, 3.05) is 0 Å². The molecule has 2 aromatic rings. The molecule has 0 aliphatic carbocycles. The fraction of sp³-hybridized carbons (Fsp3) is 0.176. The predicted molar refractivity (Wildman–Crippen MR) is 78.6 cm³/mol. The Morgan fingerprint density at radius 3 is 2.05 bits per heavy atom. The summed E-state index contributed by atoms with van der Waals surface area (Å²) in [4.78, 5) is 23.4. The second-order valence-electron chi connectivity index (χ2n) is 4.84. The molecular formula is C17H15F2NO2. The highest BCUT2D eigenvalue weighted by Gasteiger charge is 2.40. The maximum Gasteiger partial charge on any atom is 0.331 e. The Hall–Kier alpha value is -2.56. The van der Waals surface area contributed by atoms with Crippen LogP contribution in [0.5, 0.6) is 0 Å². The Labute approximate surface area is 127 Å². The first-order valence-corrected chi connectivity index (χ1v) is 6.77. The van der Waals surface area contributed by atoms with Gasteiger partial charge in [-0.3, -0.25) is 9.59 Å². The van der Waals surface area contributed by atoms with E-state index in [0.717, 1.165) is 0 Å². The minimum Gasteiger partial charge on any atom is -0.347 e. The van der Waals surface area contributed by atoms with Crippen molar-refractivity contribution in [3.8, 4) is 0 Å². The van der Waals surface area contributed by atoms with Gasteiger partial charge < -0.3 is 5.32 Å². The first-order chi connectivity index (χ1) is 10.5. The summed E-state index contributed by atoms with van der Waals surface area (Å²) in [6.45, 7) is -0.00517. The number of carbonyl (C=O) groups is 2. The summed E-state index contributed by atoms with van der Waals surface area (Å²) in [7, 11) is 0. The van der Waals surface area contributed by atoms with Crippen molar-refractivity contribution in [2.45, 2.75) is 18.9 Å². The van der Waals surface area contributed by atoms with Gasteiger partial charge in [0.05, 0.1) is 6.42 Å². The van der Waals surface area contributed by atoms with E-state index in [1.165, 1.54) is 12.1 Å². The molecule has 0 saturated heterocycles. The fourth-order valence-electron chi connectivity index (χ4n) is 1.92. The molecule has 1 N–H and O–H groups in total. The number of alkyl halides is 2. The van der Waals surface area contributed by atoms with Crippen LogP contribution in [0.1, 0.15) is 22.3 Å². The lowest BCUT2D eigenvalue weighted by atomic mass is 10.0. The van der Waals surface area contributed by atoms with Crippen LogP contribution in [-0.4, -0.2) is 17.6 Å². The number of amides is 1. The molecule has 1 amide bonds. The van der Waals surface area contributed by atoms with Gasteiger partial charge in [-0.25, -0.2) is 0 Å². The fourth-order valence-corrected chi connectivity index (χ4v) is 1.92. The van der Waals surface area contributed by atoms with Crippen molar-refractivity contribution in [1.82, 2.24) is 5.32 Å². The van der Waals surface area contributed by atoms with E-state index >= 15 is 0 Å². The molecule has 0 unspecified atom stereocenters. The number of benzene rings is 2. The SMILES string of the molecule is O=C(CC(F)(F)C(=O)NCc1ccccc1)c1ccccc1. The molecule has 0 saturated carbocycles. The van der Waals surface area contributed by atoms with Crippen LogP contribution >= 0.6 is 0 Å². The molecule has 2 rings (SSSR count). The summed E-state index contributed by atoms with van der Waals surface area (Å²) in [5.41, 5.74) is 0.874. The molecule has 0 aliphatic heterocycles. The second-order valence-corrected chi connectivity index (χ2v) is 4.84. The van der Waals surface area contributed by atoms with Crippen LogP contribution in [0.4, 0.5) is 8.78 Å². The number of Topliss-reactive ketones (excluding diaryl/α,β-unsaturated/α-hetero) is 1. The summed E-state index contributed by atoms with van der Waals surface area (Å²) in [6.07, 6.45) is -1.14. The molecule has 22 heavy (non-hydrogen) atoms. The number of hydrogen-bond donors (Lipinski definition) is 1. The van der Waals surface area contributed by atoms with Gasteiger partial charge in [0.15, 0.2) is 5.78 Å². The van der Waals surface area contributed by atoms with E-state index < -0.39 is 24.0 Å². The number of hydrogen-bond acceptors (Lipinski definition) is 2. The van der Waals surface area contributed by atoms with Gasteiger partial charge in [-0.15, -0.1) is 0 Å². The van der Waals surface area contributed by atoms with E-state index in [1.807, 2.05) is 0 Å². The van der Waals surface area contributed by atoms with Gasteiger partial charge in [0.2, 0.25) is 0 Å². The van der Waals surface area contributed by atoms with Gasteiger partial charge in [-0.1, -0.05) is 60.7 Å². The largest absolute Gasteiger partial charge is 0.347 e. The zero-order chi connectivity index (χ0) is 16.0. The number of nitrogens with one attached hydrogen (secondary N) is 1. The quantitative estimate of drug-likeness (QED) is 0.833. The minimum atomic E-state index is -3.73. The van der Waals surface area contributed by atoms with Crippen LogP contribution in [-0.2, 0) is 11.3 Å². The number of ketones is 1. The Kier molecular flexibility index (Phi) is 4.99. The van der Waals surface area contributed by atoms with Gasteiger partial charge >= 0.3 is 5.92 Å². The maximum atomic E-state index is 13.8. The standard InChI is InChI=1S/C17H15F2NO2/c18-17(19,11-15(21)14-9-5-2-6-10-14)16(22)20-12-13-7-3-1-4-8-13/h1-10H,11-12H2,(H,20,22). The average molecular weight is 303 g/mol. The third kappa shape index (κ3) is 4.22. The van der Waals surface area contributed by atoms with Crippen LogP contribution in [0.15, 0.2) is 60.7 Å². The number of halogens is 2. The van der Waals surface area contributed by atoms with Crippen LogP contribution in [0.3, 0.4) is 0 Å². The van der Waals surface area contributed by atoms with E-state index in [2.05, 4.69) is 5.32 Å². The molecule has 0 atom stereocenters. The van der Waals surface area contributed by atoms with Crippen molar-refractivity contribution in [2.24, 2.45) is 0 Å². The summed E-state index contributed by atoms with van der Waals surface area (Å²) in [5, 5.41) is 2.15. The van der Waals surface area contributed by atoms with Gasteiger partial charge in [0.25, 0.3) is 5.91 Å². The molecule has 0 fully saturated rings. The Balaban J connectivity index is 1.94. The summed E-state index contributed by atoms with van der Waals surface area (Å²) < 4.78 is 27.6. The van der Waals surface area contributed by atoms with E-state index in [9.17, 15) is 18.4 Å². The van der Waals surface area contributed by atoms with Gasteiger partial charge in [0.1, 0.15) is 0 Å². The van der Waals surface area contributed by atoms with Gasteiger partial charge in [0, 0.05) is 12.1 Å². The lowest BCUT2D eigenvalue weighted by Crippen LogP contribution is -2.41. The molecule has 5 heteroatoms. The van der Waals surface area contributed by atoms with Crippen molar-refractivity contribution in [3.05, 3.63) is 71.8 Å². The Morgan fingerprint density at radius 1 is 0.909 bits per heavy atom. The summed E-state index contributed by atoms with van der Waals surface area (Å²) >= 11 is 0. The van der Waals surface area contributed by atoms with E-state index in [1.54, 1.807) is 48.5 Å². The number of rotatable bonds is 6. The van der Waals surface area contributed by atoms with Crippen LogP contribution < -0.4 is 5.32 Å². The summed E-state index contributed by atoms with van der Waals surface area (Å²) in [5.74, 6) is -5.94. The molecule has 0 heterocycles. The molecule has 0 aliphatic rings. The molecule has 0 spiro atoms. The van der Waals surface area contributed by atoms with Gasteiger partial charge in [-0.2, -0.15) is 8.78 Å². The smallest absolute Gasteiger partial charge is 0.331 e. The van der Waals surface area contributed by atoms with E-state index in [-0.39, 0.29) is 12.1 Å². The average Bonchev–Trinajstić information content (AvgIpc) is 2.54. The third-order valence-electron chi connectivity index (χ3n) is 3.11. The highest BCUT2D eigenvalue weighted by Crippen LogP contribution is 2.21. The van der Waals surface area contributed by atoms with Gasteiger partial charge in [-0.05, 0) is 5.56 Å². The maximum absolute atomic E-state index is 13.8. The van der Waals surface area contributed by atoms with Crippen molar-refractivity contribution in [3.63, 3.8) is 0 Å². The van der Waals surface area contributed by atoms with Crippen LogP contribution in [0, 0.1) is 0 Å². The molecule has 3 nitrogen and oxygen atoms in total. The predicted octanol–water partition coefficient (Wildman–Crippen LogP) is 3.21. The lowest BCUT2D eigenvalue weighted by molar-refractivity contribution is -0.145. The lowest BCUT2D eigenvalue weighted by Gasteiger charge is -2.15. The normalized spacial score (nSPS) is 11.0. The van der Waals surface area contributed by atoms with Crippen LogP contribution in [0.25, 0.3) is 0 Å². The zero-order valence-corrected chi connectivity index (χ0v) is 11.8. The molecule has 2 aromatic carbocycles. The third-order valence-corrected chi connectivity index (χ3v) is 3.11. The monoisotopic (exact) mass is 303 g/mol. The van der Waals surface area contributed by atoms with E-state index in [0.29, 0.717) is 5.56 Å². The molecular weight excluding hydrogens is 288 g/mol.